The molecule has 0 saturated carbocycles. The van der Waals surface area contributed by atoms with E-state index in [4.69, 9.17) is 11.6 Å². The molecule has 6 nitrogen and oxygen atoms in total. The van der Waals surface area contributed by atoms with E-state index in [1.54, 1.807) is 0 Å². The van der Waals surface area contributed by atoms with Crippen LogP contribution in [0.3, 0.4) is 0 Å². The Hall–Kier alpha value is -3.07. The van der Waals surface area contributed by atoms with Crippen LogP contribution in [0.1, 0.15) is 23.0 Å². The first-order valence-electron chi connectivity index (χ1n) is 8.03. The summed E-state index contributed by atoms with van der Waals surface area (Å²) in [5.41, 5.74) is -1.81. The number of hydrogen-bond acceptors (Lipinski definition) is 4. The lowest BCUT2D eigenvalue weighted by Gasteiger charge is -2.13. The number of rotatable bonds is 4. The van der Waals surface area contributed by atoms with E-state index in [1.807, 2.05) is 0 Å². The average molecular weight is 412 g/mol. The van der Waals surface area contributed by atoms with Crippen molar-refractivity contribution in [2.24, 2.45) is 0 Å². The third-order valence-corrected chi connectivity index (χ3v) is 4.02. The van der Waals surface area contributed by atoms with Crippen molar-refractivity contribution >= 4 is 17.6 Å². The summed E-state index contributed by atoms with van der Waals surface area (Å²) in [4.78, 5) is 23.8. The molecule has 0 saturated heterocycles. The maximum absolute atomic E-state index is 13.5. The number of carbonyl (C=O) groups is 1. The number of ether oxygens (including phenoxy) is 1. The first kappa shape index (κ1) is 19.7. The summed E-state index contributed by atoms with van der Waals surface area (Å²) in [7, 11) is 0. The van der Waals surface area contributed by atoms with E-state index in [0.29, 0.717) is 10.4 Å². The molecule has 0 amide bonds. The molecule has 0 aliphatic carbocycles. The van der Waals surface area contributed by atoms with Crippen LogP contribution in [-0.4, -0.2) is 26.9 Å². The van der Waals surface area contributed by atoms with Crippen molar-refractivity contribution in [2.75, 3.05) is 6.61 Å². The summed E-state index contributed by atoms with van der Waals surface area (Å²) in [5.74, 6) is -1.11. The highest BCUT2D eigenvalue weighted by Gasteiger charge is 2.41. The van der Waals surface area contributed by atoms with Gasteiger partial charge in [0.2, 0.25) is 0 Å². The molecular formula is C18H13ClF3N3O3. The quantitative estimate of drug-likeness (QED) is 0.611. The number of pyridine rings is 1. The van der Waals surface area contributed by atoms with Crippen molar-refractivity contribution in [3.8, 4) is 11.4 Å². The molecule has 28 heavy (non-hydrogen) atoms. The highest BCUT2D eigenvalue weighted by Crippen LogP contribution is 2.34. The van der Waals surface area contributed by atoms with Gasteiger partial charge < -0.3 is 4.74 Å². The van der Waals surface area contributed by atoms with Gasteiger partial charge in [-0.15, -0.1) is 0 Å². The second-order valence-electron chi connectivity index (χ2n) is 5.61. The monoisotopic (exact) mass is 411 g/mol. The zero-order valence-electron chi connectivity index (χ0n) is 14.4. The van der Waals surface area contributed by atoms with Crippen LogP contribution in [0.15, 0.2) is 53.6 Å². The maximum Gasteiger partial charge on any atom is 0.434 e. The Morgan fingerprint density at radius 3 is 2.39 bits per heavy atom. The zero-order valence-corrected chi connectivity index (χ0v) is 15.2. The maximum atomic E-state index is 13.5. The van der Waals surface area contributed by atoms with Crippen LogP contribution in [0, 0.1) is 0 Å². The van der Waals surface area contributed by atoms with E-state index in [1.165, 1.54) is 54.1 Å². The van der Waals surface area contributed by atoms with Gasteiger partial charge in [-0.1, -0.05) is 11.6 Å². The van der Waals surface area contributed by atoms with E-state index in [2.05, 4.69) is 9.84 Å². The Bertz CT molecular complexity index is 1070. The molecule has 1 aromatic carbocycles. The molecule has 0 fully saturated rings. The van der Waals surface area contributed by atoms with Gasteiger partial charge in [0.1, 0.15) is 5.56 Å². The van der Waals surface area contributed by atoms with Crippen LogP contribution in [-0.2, 0) is 10.9 Å². The number of alkyl halides is 3. The van der Waals surface area contributed by atoms with Crippen LogP contribution >= 0.6 is 11.6 Å². The topological polar surface area (TPSA) is 66.1 Å². The second kappa shape index (κ2) is 7.51. The second-order valence-corrected chi connectivity index (χ2v) is 6.04. The molecular weight excluding hydrogens is 399 g/mol. The van der Waals surface area contributed by atoms with E-state index in [0.717, 1.165) is 6.20 Å². The van der Waals surface area contributed by atoms with Gasteiger partial charge in [0.15, 0.2) is 5.69 Å². The number of hydrogen-bond donors (Lipinski definition) is 0. The van der Waals surface area contributed by atoms with Gasteiger partial charge in [0.05, 0.1) is 18.5 Å². The molecule has 2 aromatic heterocycles. The first-order valence-corrected chi connectivity index (χ1v) is 8.41. The molecule has 0 spiro atoms. The van der Waals surface area contributed by atoms with E-state index in [9.17, 15) is 22.8 Å². The minimum atomic E-state index is -4.83. The van der Waals surface area contributed by atoms with Gasteiger partial charge in [-0.25, -0.2) is 9.48 Å². The molecule has 0 radical (unpaired) electrons. The molecule has 0 N–H and O–H groups in total. The molecule has 0 unspecified atom stereocenters. The molecule has 10 heteroatoms. The van der Waals surface area contributed by atoms with Crippen molar-refractivity contribution in [1.82, 2.24) is 14.3 Å². The Balaban J connectivity index is 2.05. The normalized spacial score (nSPS) is 11.5. The fourth-order valence-corrected chi connectivity index (χ4v) is 2.75. The van der Waals surface area contributed by atoms with Gasteiger partial charge in [-0.05, 0) is 37.3 Å². The lowest BCUT2D eigenvalue weighted by Crippen LogP contribution is -2.19. The van der Waals surface area contributed by atoms with Gasteiger partial charge in [0.25, 0.3) is 5.56 Å². The third-order valence-electron chi connectivity index (χ3n) is 3.79. The molecule has 0 aliphatic rings. The Morgan fingerprint density at radius 2 is 1.82 bits per heavy atom. The highest BCUT2D eigenvalue weighted by atomic mass is 35.5. The third kappa shape index (κ3) is 3.79. The minimum absolute atomic E-state index is 0.0636. The van der Waals surface area contributed by atoms with Gasteiger partial charge >= 0.3 is 12.1 Å². The van der Waals surface area contributed by atoms with Crippen LogP contribution in [0.4, 0.5) is 13.2 Å². The first-order chi connectivity index (χ1) is 13.2. The molecule has 3 aromatic rings. The fourth-order valence-electron chi connectivity index (χ4n) is 2.60. The zero-order chi connectivity index (χ0) is 20.5. The van der Waals surface area contributed by atoms with E-state index in [-0.39, 0.29) is 22.9 Å². The average Bonchev–Trinajstić information content (AvgIpc) is 3.08. The number of halogens is 4. The number of nitrogens with zero attached hydrogens (tertiary/aromatic N) is 3. The smallest absolute Gasteiger partial charge is 0.434 e. The predicted molar refractivity (Wildman–Crippen MR) is 95.1 cm³/mol. The van der Waals surface area contributed by atoms with Gasteiger partial charge in [0, 0.05) is 23.0 Å². The molecule has 2 heterocycles. The lowest BCUT2D eigenvalue weighted by atomic mass is 10.2. The van der Waals surface area contributed by atoms with Crippen LogP contribution in [0.5, 0.6) is 0 Å². The summed E-state index contributed by atoms with van der Waals surface area (Å²) in [5, 5.41) is 3.97. The SMILES string of the molecule is CCOC(=O)c1cnn(-c2ccc(-n3ccc(Cl)cc3=O)cc2)c1C(F)(F)F. The van der Waals surface area contributed by atoms with Crippen molar-refractivity contribution in [2.45, 2.75) is 13.1 Å². The number of carbonyl (C=O) groups excluding carboxylic acids is 1. The summed E-state index contributed by atoms with van der Waals surface area (Å²) in [6, 6.07) is 8.35. The largest absolute Gasteiger partial charge is 0.462 e. The van der Waals surface area contributed by atoms with Crippen molar-refractivity contribution in [1.29, 1.82) is 0 Å². The van der Waals surface area contributed by atoms with Crippen LogP contribution in [0.2, 0.25) is 5.02 Å². The molecule has 146 valence electrons. The number of esters is 1. The summed E-state index contributed by atoms with van der Waals surface area (Å²) >= 11 is 5.75. The Morgan fingerprint density at radius 1 is 1.18 bits per heavy atom. The molecule has 0 bridgehead atoms. The van der Waals surface area contributed by atoms with Gasteiger partial charge in [-0.3, -0.25) is 9.36 Å². The number of aromatic nitrogens is 3. The van der Waals surface area contributed by atoms with E-state index < -0.39 is 23.4 Å². The highest BCUT2D eigenvalue weighted by molar-refractivity contribution is 6.30. The van der Waals surface area contributed by atoms with Crippen LogP contribution < -0.4 is 5.56 Å². The predicted octanol–water partition coefficient (Wildman–Crippen LogP) is 3.87. The summed E-state index contributed by atoms with van der Waals surface area (Å²) in [6.07, 6.45) is -2.56. The number of benzene rings is 1. The van der Waals surface area contributed by atoms with Crippen LogP contribution in [0.25, 0.3) is 11.4 Å². The standard InChI is InChI=1S/C18H13ClF3N3O3/c1-2-28-17(27)14-10-23-25(16(14)18(20,21)22)13-5-3-12(4-6-13)24-8-7-11(19)9-15(24)26/h3-10H,2H2,1H3. The summed E-state index contributed by atoms with van der Waals surface area (Å²) in [6.45, 7) is 1.43. The van der Waals surface area contributed by atoms with Crippen molar-refractivity contribution in [3.05, 3.63) is 75.4 Å². The van der Waals surface area contributed by atoms with E-state index >= 15 is 0 Å². The molecule has 0 aliphatic heterocycles. The molecule has 0 atom stereocenters. The Kier molecular flexibility index (Phi) is 5.28. The van der Waals surface area contributed by atoms with Gasteiger partial charge in [-0.2, -0.15) is 18.3 Å². The summed E-state index contributed by atoms with van der Waals surface area (Å²) < 4.78 is 47.2. The Labute approximate surface area is 161 Å². The van der Waals surface area contributed by atoms with Crippen molar-refractivity contribution in [3.63, 3.8) is 0 Å². The van der Waals surface area contributed by atoms with Crippen molar-refractivity contribution < 1.29 is 22.7 Å². The fraction of sp³-hybridized carbons (Fsp3) is 0.167. The molecule has 3 rings (SSSR count). The lowest BCUT2D eigenvalue weighted by molar-refractivity contribution is -0.143. The minimum Gasteiger partial charge on any atom is -0.462 e.